The molecule has 23 heavy (non-hydrogen) atoms. The summed E-state index contributed by atoms with van der Waals surface area (Å²) in [7, 11) is -3.45. The smallest absolute Gasteiger partial charge is 0.259 e. The summed E-state index contributed by atoms with van der Waals surface area (Å²) in [6.07, 6.45) is 2.95. The van der Waals surface area contributed by atoms with E-state index in [2.05, 4.69) is 6.07 Å². The van der Waals surface area contributed by atoms with Gasteiger partial charge < -0.3 is 4.90 Å². The van der Waals surface area contributed by atoms with Gasteiger partial charge in [0.2, 0.25) is 0 Å². The highest BCUT2D eigenvalue weighted by Crippen LogP contribution is 2.30. The van der Waals surface area contributed by atoms with E-state index in [0.717, 1.165) is 35.9 Å². The van der Waals surface area contributed by atoms with Crippen molar-refractivity contribution in [2.24, 2.45) is 0 Å². The number of sulfone groups is 1. The molecule has 2 aromatic carbocycles. The number of hydrogen-bond acceptors (Lipinski definition) is 3. The molecule has 0 bridgehead atoms. The fraction of sp³-hybridized carbons (Fsp3) is 0.278. The van der Waals surface area contributed by atoms with Gasteiger partial charge in [-0.2, -0.15) is 0 Å². The van der Waals surface area contributed by atoms with E-state index in [-0.39, 0.29) is 16.4 Å². The van der Waals surface area contributed by atoms with Gasteiger partial charge in [-0.15, -0.1) is 0 Å². The number of aryl methyl sites for hydroxylation is 2. The normalized spacial score (nSPS) is 14.4. The Labute approximate surface area is 136 Å². The lowest BCUT2D eigenvalue weighted by atomic mass is 9.99. The lowest BCUT2D eigenvalue weighted by Gasteiger charge is -2.30. The Bertz CT molecular complexity index is 872. The minimum Gasteiger partial charge on any atom is -0.308 e. The molecule has 5 heteroatoms. The molecule has 0 unspecified atom stereocenters. The van der Waals surface area contributed by atoms with Crippen LogP contribution in [0.2, 0.25) is 0 Å². The number of hydrogen-bond donors (Lipinski definition) is 0. The average Bonchev–Trinajstić information content (AvgIpc) is 2.52. The van der Waals surface area contributed by atoms with E-state index in [0.29, 0.717) is 6.54 Å². The van der Waals surface area contributed by atoms with Crippen molar-refractivity contribution in [3.05, 3.63) is 59.2 Å². The van der Waals surface area contributed by atoms with Gasteiger partial charge in [-0.25, -0.2) is 8.42 Å². The summed E-state index contributed by atoms with van der Waals surface area (Å²) in [4.78, 5) is 14.8. The van der Waals surface area contributed by atoms with Gasteiger partial charge in [0.1, 0.15) is 0 Å². The Morgan fingerprint density at radius 1 is 1.13 bits per heavy atom. The van der Waals surface area contributed by atoms with Gasteiger partial charge in [-0.1, -0.05) is 29.8 Å². The zero-order valence-electron chi connectivity index (χ0n) is 13.2. The fourth-order valence-electron chi connectivity index (χ4n) is 3.05. The van der Waals surface area contributed by atoms with Crippen LogP contribution in [0, 0.1) is 6.92 Å². The van der Waals surface area contributed by atoms with E-state index >= 15 is 0 Å². The highest BCUT2D eigenvalue weighted by Gasteiger charge is 2.27. The Morgan fingerprint density at radius 3 is 2.61 bits per heavy atom. The zero-order chi connectivity index (χ0) is 16.6. The van der Waals surface area contributed by atoms with E-state index in [1.165, 1.54) is 6.07 Å². The molecule has 1 aliphatic rings. The first kappa shape index (κ1) is 15.7. The molecule has 0 fully saturated rings. The van der Waals surface area contributed by atoms with Crippen LogP contribution in [-0.4, -0.2) is 27.1 Å². The van der Waals surface area contributed by atoms with Crippen LogP contribution in [0.1, 0.15) is 27.9 Å². The van der Waals surface area contributed by atoms with Crippen LogP contribution in [0.3, 0.4) is 0 Å². The molecule has 0 atom stereocenters. The predicted molar refractivity (Wildman–Crippen MR) is 90.7 cm³/mol. The maximum absolute atomic E-state index is 13.0. The van der Waals surface area contributed by atoms with E-state index in [1.807, 2.05) is 19.1 Å². The monoisotopic (exact) mass is 329 g/mol. The van der Waals surface area contributed by atoms with Gasteiger partial charge >= 0.3 is 0 Å². The van der Waals surface area contributed by atoms with Crippen molar-refractivity contribution in [1.29, 1.82) is 0 Å². The van der Waals surface area contributed by atoms with E-state index in [9.17, 15) is 13.2 Å². The Balaban J connectivity index is 2.07. The van der Waals surface area contributed by atoms with Gasteiger partial charge in [-0.05, 0) is 43.5 Å². The van der Waals surface area contributed by atoms with Crippen LogP contribution in [0.15, 0.2) is 47.4 Å². The van der Waals surface area contributed by atoms with Gasteiger partial charge in [-0.3, -0.25) is 4.79 Å². The molecule has 2 aromatic rings. The highest BCUT2D eigenvalue weighted by molar-refractivity contribution is 7.90. The second kappa shape index (κ2) is 5.81. The molecule has 0 aliphatic carbocycles. The molecule has 0 saturated heterocycles. The molecular formula is C18H19NO3S. The predicted octanol–water partition coefficient (Wildman–Crippen LogP) is 2.99. The molecule has 1 amide bonds. The summed E-state index contributed by atoms with van der Waals surface area (Å²) in [6, 6.07) is 12.4. The lowest BCUT2D eigenvalue weighted by Crippen LogP contribution is -2.36. The molecule has 0 radical (unpaired) electrons. The van der Waals surface area contributed by atoms with Crippen molar-refractivity contribution in [3.8, 4) is 0 Å². The van der Waals surface area contributed by atoms with Gasteiger partial charge in [0.15, 0.2) is 9.84 Å². The first-order chi connectivity index (χ1) is 10.9. The van der Waals surface area contributed by atoms with E-state index in [4.69, 9.17) is 0 Å². The molecule has 0 saturated carbocycles. The van der Waals surface area contributed by atoms with Crippen LogP contribution in [0.5, 0.6) is 0 Å². The summed E-state index contributed by atoms with van der Waals surface area (Å²) in [5.41, 5.74) is 3.43. The summed E-state index contributed by atoms with van der Waals surface area (Å²) in [6.45, 7) is 2.63. The molecule has 1 heterocycles. The molecule has 120 valence electrons. The molecule has 0 N–H and O–H groups in total. The fourth-order valence-corrected chi connectivity index (χ4v) is 3.93. The van der Waals surface area contributed by atoms with Gasteiger partial charge in [0.25, 0.3) is 5.91 Å². The van der Waals surface area contributed by atoms with Crippen molar-refractivity contribution in [2.75, 3.05) is 17.7 Å². The number of fused-ring (bicyclic) bond motifs is 1. The van der Waals surface area contributed by atoms with Crippen molar-refractivity contribution >= 4 is 21.4 Å². The minimum absolute atomic E-state index is 0.0873. The number of rotatable bonds is 2. The average molecular weight is 329 g/mol. The summed E-state index contributed by atoms with van der Waals surface area (Å²) in [5.74, 6) is -0.254. The van der Waals surface area contributed by atoms with Crippen LogP contribution in [0.25, 0.3) is 0 Å². The third-order valence-corrected chi connectivity index (χ3v) is 5.27. The van der Waals surface area contributed by atoms with Crippen LogP contribution in [0.4, 0.5) is 5.69 Å². The number of amides is 1. The molecular weight excluding hydrogens is 310 g/mol. The van der Waals surface area contributed by atoms with Crippen LogP contribution in [-0.2, 0) is 16.3 Å². The largest absolute Gasteiger partial charge is 0.308 e. The standard InChI is InChI=1S/C18H19NO3S/c1-13-9-10-16-14(12-13)6-5-11-19(16)18(20)15-7-3-4-8-17(15)23(2,21)22/h3-4,7-10,12H,5-6,11H2,1-2H3. The van der Waals surface area contributed by atoms with E-state index < -0.39 is 9.84 Å². The molecule has 1 aliphatic heterocycles. The second-order valence-corrected chi connectivity index (χ2v) is 7.94. The second-order valence-electron chi connectivity index (χ2n) is 5.96. The number of carbonyl (C=O) groups excluding carboxylic acids is 1. The summed E-state index contributed by atoms with van der Waals surface area (Å²) in [5, 5.41) is 0. The SMILES string of the molecule is Cc1ccc2c(c1)CCCN2C(=O)c1ccccc1S(C)(=O)=O. The first-order valence-corrected chi connectivity index (χ1v) is 9.47. The number of anilines is 1. The van der Waals surface area contributed by atoms with Gasteiger partial charge in [0, 0.05) is 18.5 Å². The van der Waals surface area contributed by atoms with Gasteiger partial charge in [0.05, 0.1) is 10.5 Å². The minimum atomic E-state index is -3.45. The zero-order valence-corrected chi connectivity index (χ0v) is 14.1. The number of carbonyl (C=O) groups is 1. The Hall–Kier alpha value is -2.14. The van der Waals surface area contributed by atoms with Crippen LogP contribution < -0.4 is 4.90 Å². The molecule has 3 rings (SSSR count). The lowest BCUT2D eigenvalue weighted by molar-refractivity contribution is 0.0982. The molecule has 0 aromatic heterocycles. The number of nitrogens with zero attached hydrogens (tertiary/aromatic N) is 1. The van der Waals surface area contributed by atoms with E-state index in [1.54, 1.807) is 23.1 Å². The third kappa shape index (κ3) is 3.01. The van der Waals surface area contributed by atoms with Crippen molar-refractivity contribution in [1.82, 2.24) is 0 Å². The third-order valence-electron chi connectivity index (χ3n) is 4.12. The highest BCUT2D eigenvalue weighted by atomic mass is 32.2. The topological polar surface area (TPSA) is 54.5 Å². The quantitative estimate of drug-likeness (QED) is 0.851. The van der Waals surface area contributed by atoms with Crippen molar-refractivity contribution < 1.29 is 13.2 Å². The Kier molecular flexibility index (Phi) is 3.98. The maximum Gasteiger partial charge on any atom is 0.259 e. The van der Waals surface area contributed by atoms with Crippen molar-refractivity contribution in [2.45, 2.75) is 24.7 Å². The van der Waals surface area contributed by atoms with Crippen molar-refractivity contribution in [3.63, 3.8) is 0 Å². The number of benzene rings is 2. The summed E-state index contributed by atoms with van der Waals surface area (Å²) < 4.78 is 23.9. The van der Waals surface area contributed by atoms with Crippen LogP contribution >= 0.6 is 0 Å². The molecule has 4 nitrogen and oxygen atoms in total. The Morgan fingerprint density at radius 2 is 1.87 bits per heavy atom. The first-order valence-electron chi connectivity index (χ1n) is 7.58. The maximum atomic E-state index is 13.0. The summed E-state index contributed by atoms with van der Waals surface area (Å²) >= 11 is 0. The molecule has 0 spiro atoms.